The van der Waals surface area contributed by atoms with Crippen LogP contribution in [-0.2, 0) is 7.05 Å². The van der Waals surface area contributed by atoms with E-state index in [1.54, 1.807) is 0 Å². The first-order valence-corrected chi connectivity index (χ1v) is 6.57. The average Bonchev–Trinajstić information content (AvgIpc) is 2.81. The topological polar surface area (TPSA) is 50.3 Å². The smallest absolute Gasteiger partial charge is 0.137 e. The standard InChI is InChI=1S/C12H21N5S/c1-8-10(11(13)18)12(16(4)14-8)17-6-5-9(7-17)15(2)3/h9H,5-7H2,1-4H3,(H2,13,18). The minimum atomic E-state index is 0.434. The highest BCUT2D eigenvalue weighted by atomic mass is 32.1. The molecule has 5 nitrogen and oxygen atoms in total. The van der Waals surface area contributed by atoms with Crippen LogP contribution in [-0.4, -0.2) is 52.9 Å². The SMILES string of the molecule is Cc1nn(C)c(N2CCC(N(C)C)C2)c1C(N)=S. The maximum Gasteiger partial charge on any atom is 0.137 e. The van der Waals surface area contributed by atoms with Crippen molar-refractivity contribution in [1.29, 1.82) is 0 Å². The molecule has 2 heterocycles. The Kier molecular flexibility index (Phi) is 3.59. The molecular formula is C12H21N5S. The van der Waals surface area contributed by atoms with Gasteiger partial charge >= 0.3 is 0 Å². The Labute approximate surface area is 114 Å². The van der Waals surface area contributed by atoms with Crippen molar-refractivity contribution in [1.82, 2.24) is 14.7 Å². The van der Waals surface area contributed by atoms with Gasteiger partial charge < -0.3 is 15.5 Å². The third kappa shape index (κ3) is 2.22. The molecule has 1 aromatic heterocycles. The van der Waals surface area contributed by atoms with Gasteiger partial charge in [-0.15, -0.1) is 0 Å². The summed E-state index contributed by atoms with van der Waals surface area (Å²) in [5.41, 5.74) is 7.67. The Hall–Kier alpha value is -1.14. The Balaban J connectivity index is 2.32. The third-order valence-corrected chi connectivity index (χ3v) is 3.84. The molecule has 2 N–H and O–H groups in total. The van der Waals surface area contributed by atoms with Crippen molar-refractivity contribution in [3.63, 3.8) is 0 Å². The van der Waals surface area contributed by atoms with Crippen molar-refractivity contribution in [3.8, 4) is 0 Å². The first kappa shape index (κ1) is 13.3. The van der Waals surface area contributed by atoms with Gasteiger partial charge in [0, 0.05) is 26.2 Å². The maximum absolute atomic E-state index is 5.83. The largest absolute Gasteiger partial charge is 0.389 e. The molecule has 1 aliphatic heterocycles. The molecule has 1 aliphatic rings. The first-order chi connectivity index (χ1) is 8.41. The van der Waals surface area contributed by atoms with Crippen molar-refractivity contribution < 1.29 is 0 Å². The highest BCUT2D eigenvalue weighted by Gasteiger charge is 2.29. The van der Waals surface area contributed by atoms with Crippen molar-refractivity contribution in [2.45, 2.75) is 19.4 Å². The Morgan fingerprint density at radius 1 is 1.50 bits per heavy atom. The Morgan fingerprint density at radius 2 is 2.17 bits per heavy atom. The van der Waals surface area contributed by atoms with E-state index in [-0.39, 0.29) is 0 Å². The van der Waals surface area contributed by atoms with Gasteiger partial charge in [-0.1, -0.05) is 12.2 Å². The summed E-state index contributed by atoms with van der Waals surface area (Å²) in [5.74, 6) is 1.06. The summed E-state index contributed by atoms with van der Waals surface area (Å²) in [7, 11) is 6.20. The lowest BCUT2D eigenvalue weighted by Gasteiger charge is -2.22. The molecule has 0 bridgehead atoms. The van der Waals surface area contributed by atoms with E-state index in [1.165, 1.54) is 0 Å². The van der Waals surface area contributed by atoms with Gasteiger partial charge in [0.1, 0.15) is 10.8 Å². The fourth-order valence-electron chi connectivity index (χ4n) is 2.65. The van der Waals surface area contributed by atoms with Gasteiger partial charge in [-0.2, -0.15) is 5.10 Å². The lowest BCUT2D eigenvalue weighted by Crippen LogP contribution is -2.32. The summed E-state index contributed by atoms with van der Waals surface area (Å²) in [6, 6.07) is 0.583. The van der Waals surface area contributed by atoms with Crippen LogP contribution in [0, 0.1) is 6.92 Å². The van der Waals surface area contributed by atoms with Crippen LogP contribution in [0.5, 0.6) is 0 Å². The Morgan fingerprint density at radius 3 is 2.67 bits per heavy atom. The van der Waals surface area contributed by atoms with E-state index in [2.05, 4.69) is 29.0 Å². The summed E-state index contributed by atoms with van der Waals surface area (Å²) < 4.78 is 1.89. The predicted molar refractivity (Wildman–Crippen MR) is 78.1 cm³/mol. The molecule has 0 amide bonds. The van der Waals surface area contributed by atoms with E-state index >= 15 is 0 Å². The van der Waals surface area contributed by atoms with E-state index < -0.39 is 0 Å². The monoisotopic (exact) mass is 267 g/mol. The van der Waals surface area contributed by atoms with Crippen LogP contribution in [0.1, 0.15) is 17.7 Å². The van der Waals surface area contributed by atoms with E-state index in [0.29, 0.717) is 11.0 Å². The lowest BCUT2D eigenvalue weighted by molar-refractivity contribution is 0.315. The molecule has 1 fully saturated rings. The Bertz CT molecular complexity index is 465. The molecule has 0 saturated carbocycles. The second kappa shape index (κ2) is 4.85. The van der Waals surface area contributed by atoms with E-state index in [1.807, 2.05) is 18.7 Å². The van der Waals surface area contributed by atoms with Crippen molar-refractivity contribution in [2.24, 2.45) is 12.8 Å². The quantitative estimate of drug-likeness (QED) is 0.808. The van der Waals surface area contributed by atoms with Crippen LogP contribution < -0.4 is 10.6 Å². The number of nitrogens with zero attached hydrogens (tertiary/aromatic N) is 4. The van der Waals surface area contributed by atoms with Gasteiger partial charge in [-0.25, -0.2) is 0 Å². The zero-order chi connectivity index (χ0) is 13.4. The van der Waals surface area contributed by atoms with Gasteiger partial charge in [-0.3, -0.25) is 4.68 Å². The molecule has 2 rings (SSSR count). The number of anilines is 1. The van der Waals surface area contributed by atoms with Crippen molar-refractivity contribution in [2.75, 3.05) is 32.1 Å². The van der Waals surface area contributed by atoms with Gasteiger partial charge in [0.15, 0.2) is 0 Å². The van der Waals surface area contributed by atoms with Crippen LogP contribution in [0.25, 0.3) is 0 Å². The number of likely N-dealkylation sites (N-methyl/N-ethyl adjacent to an activating group) is 1. The van der Waals surface area contributed by atoms with Crippen LogP contribution in [0.4, 0.5) is 5.82 Å². The second-order valence-corrected chi connectivity index (χ2v) is 5.56. The van der Waals surface area contributed by atoms with Gasteiger partial charge in [0.25, 0.3) is 0 Å². The predicted octanol–water partition coefficient (Wildman–Crippen LogP) is 0.503. The first-order valence-electron chi connectivity index (χ1n) is 6.16. The van der Waals surface area contributed by atoms with E-state index in [4.69, 9.17) is 18.0 Å². The molecule has 1 atom stereocenters. The summed E-state index contributed by atoms with van der Waals surface area (Å²) in [4.78, 5) is 5.03. The normalized spacial score (nSPS) is 19.8. The molecule has 0 aliphatic carbocycles. The highest BCUT2D eigenvalue weighted by Crippen LogP contribution is 2.27. The number of hydrogen-bond acceptors (Lipinski definition) is 4. The molecule has 1 unspecified atom stereocenters. The minimum Gasteiger partial charge on any atom is -0.389 e. The average molecular weight is 267 g/mol. The van der Waals surface area contributed by atoms with Crippen molar-refractivity contribution >= 4 is 23.0 Å². The van der Waals surface area contributed by atoms with Gasteiger partial charge in [-0.05, 0) is 27.4 Å². The van der Waals surface area contributed by atoms with Crippen molar-refractivity contribution in [3.05, 3.63) is 11.3 Å². The fourth-order valence-corrected chi connectivity index (χ4v) is 2.89. The zero-order valence-electron chi connectivity index (χ0n) is 11.5. The molecule has 1 aromatic rings. The fraction of sp³-hybridized carbons (Fsp3) is 0.667. The molecule has 6 heteroatoms. The number of aromatic nitrogens is 2. The number of rotatable bonds is 3. The highest BCUT2D eigenvalue weighted by molar-refractivity contribution is 7.80. The number of nitrogens with two attached hydrogens (primary N) is 1. The molecule has 1 saturated heterocycles. The maximum atomic E-state index is 5.83. The molecule has 18 heavy (non-hydrogen) atoms. The van der Waals surface area contributed by atoms with Gasteiger partial charge in [0.05, 0.1) is 11.3 Å². The summed E-state index contributed by atoms with van der Waals surface area (Å²) in [6.45, 7) is 3.98. The number of aryl methyl sites for hydroxylation is 2. The van der Waals surface area contributed by atoms with Crippen LogP contribution in [0.15, 0.2) is 0 Å². The summed E-state index contributed by atoms with van der Waals surface area (Å²) >= 11 is 5.15. The second-order valence-electron chi connectivity index (χ2n) is 5.12. The van der Waals surface area contributed by atoms with Crippen LogP contribution in [0.2, 0.25) is 0 Å². The zero-order valence-corrected chi connectivity index (χ0v) is 12.3. The summed E-state index contributed by atoms with van der Waals surface area (Å²) in [6.07, 6.45) is 1.16. The molecule has 0 radical (unpaired) electrons. The molecule has 100 valence electrons. The number of hydrogen-bond donors (Lipinski definition) is 1. The van der Waals surface area contributed by atoms with E-state index in [9.17, 15) is 0 Å². The van der Waals surface area contributed by atoms with E-state index in [0.717, 1.165) is 36.6 Å². The minimum absolute atomic E-state index is 0.434. The lowest BCUT2D eigenvalue weighted by atomic mass is 10.2. The molecular weight excluding hydrogens is 246 g/mol. The number of thiocarbonyl (C=S) groups is 1. The third-order valence-electron chi connectivity index (χ3n) is 3.63. The molecule has 0 spiro atoms. The van der Waals surface area contributed by atoms with Crippen LogP contribution >= 0.6 is 12.2 Å². The summed E-state index contributed by atoms with van der Waals surface area (Å²) in [5, 5.41) is 4.44. The van der Waals surface area contributed by atoms with Crippen LogP contribution in [0.3, 0.4) is 0 Å². The molecule has 0 aromatic carbocycles. The van der Waals surface area contributed by atoms with Gasteiger partial charge in [0.2, 0.25) is 0 Å².